The standard InChI is InChI=1S/C9H19NO/c1-4-5-6-7-8-10-9(2)11-3/h4-8H2,1-3H3. The van der Waals surface area contributed by atoms with Crippen LogP contribution in [0.1, 0.15) is 39.5 Å². The lowest BCUT2D eigenvalue weighted by molar-refractivity contribution is 0.397. The molecule has 0 amide bonds. The molecule has 0 saturated carbocycles. The Kier molecular flexibility index (Phi) is 7.21. The molecule has 0 aromatic heterocycles. The van der Waals surface area contributed by atoms with Crippen molar-refractivity contribution in [3.05, 3.63) is 0 Å². The third-order valence-electron chi connectivity index (χ3n) is 1.64. The summed E-state index contributed by atoms with van der Waals surface area (Å²) in [6.07, 6.45) is 5.08. The van der Waals surface area contributed by atoms with Gasteiger partial charge in [0, 0.05) is 13.5 Å². The Morgan fingerprint density at radius 2 is 2.00 bits per heavy atom. The summed E-state index contributed by atoms with van der Waals surface area (Å²) in [4.78, 5) is 4.21. The molecule has 11 heavy (non-hydrogen) atoms. The summed E-state index contributed by atoms with van der Waals surface area (Å²) in [5.41, 5.74) is 0. The fourth-order valence-electron chi connectivity index (χ4n) is 0.840. The highest BCUT2D eigenvalue weighted by Crippen LogP contribution is 1.98. The van der Waals surface area contributed by atoms with Crippen molar-refractivity contribution in [3.63, 3.8) is 0 Å². The molecule has 0 aromatic rings. The first-order valence-corrected chi connectivity index (χ1v) is 4.36. The normalized spacial score (nSPS) is 11.7. The molecule has 0 radical (unpaired) electrons. The van der Waals surface area contributed by atoms with Gasteiger partial charge in [-0.1, -0.05) is 26.2 Å². The Morgan fingerprint density at radius 3 is 2.55 bits per heavy atom. The molecule has 2 heteroatoms. The molecule has 0 spiro atoms. The van der Waals surface area contributed by atoms with E-state index in [1.807, 2.05) is 6.92 Å². The van der Waals surface area contributed by atoms with E-state index in [2.05, 4.69) is 11.9 Å². The van der Waals surface area contributed by atoms with Gasteiger partial charge in [0.1, 0.15) is 0 Å². The number of unbranched alkanes of at least 4 members (excludes halogenated alkanes) is 3. The highest BCUT2D eigenvalue weighted by atomic mass is 16.5. The van der Waals surface area contributed by atoms with E-state index < -0.39 is 0 Å². The van der Waals surface area contributed by atoms with Gasteiger partial charge < -0.3 is 4.74 Å². The number of hydrogen-bond donors (Lipinski definition) is 0. The fourth-order valence-corrected chi connectivity index (χ4v) is 0.840. The van der Waals surface area contributed by atoms with Crippen molar-refractivity contribution in [2.75, 3.05) is 13.7 Å². The number of hydrogen-bond acceptors (Lipinski definition) is 2. The van der Waals surface area contributed by atoms with E-state index in [-0.39, 0.29) is 0 Å². The summed E-state index contributed by atoms with van der Waals surface area (Å²) < 4.78 is 4.91. The quantitative estimate of drug-likeness (QED) is 0.341. The Bertz CT molecular complexity index is 110. The molecular weight excluding hydrogens is 138 g/mol. The van der Waals surface area contributed by atoms with E-state index in [1.54, 1.807) is 7.11 Å². The van der Waals surface area contributed by atoms with Crippen LogP contribution in [0.25, 0.3) is 0 Å². The Labute approximate surface area is 69.7 Å². The topological polar surface area (TPSA) is 21.6 Å². The number of nitrogens with zero attached hydrogens (tertiary/aromatic N) is 1. The molecule has 0 heterocycles. The van der Waals surface area contributed by atoms with Crippen LogP contribution in [0.2, 0.25) is 0 Å². The van der Waals surface area contributed by atoms with Crippen LogP contribution in [-0.2, 0) is 4.74 Å². The summed E-state index contributed by atoms with van der Waals surface area (Å²) in [7, 11) is 1.66. The lowest BCUT2D eigenvalue weighted by Crippen LogP contribution is -1.95. The highest BCUT2D eigenvalue weighted by molar-refractivity contribution is 5.72. The second kappa shape index (κ2) is 7.58. The molecule has 0 aliphatic rings. The number of methoxy groups -OCH3 is 1. The van der Waals surface area contributed by atoms with Gasteiger partial charge in [0.2, 0.25) is 0 Å². The largest absolute Gasteiger partial charge is 0.484 e. The van der Waals surface area contributed by atoms with Crippen molar-refractivity contribution in [2.24, 2.45) is 4.99 Å². The molecule has 0 rings (SSSR count). The summed E-state index contributed by atoms with van der Waals surface area (Å²) in [5, 5.41) is 0. The lowest BCUT2D eigenvalue weighted by atomic mass is 10.2. The van der Waals surface area contributed by atoms with Gasteiger partial charge in [0.15, 0.2) is 5.90 Å². The first kappa shape index (κ1) is 10.5. The first-order chi connectivity index (χ1) is 5.31. The smallest absolute Gasteiger partial charge is 0.179 e. The summed E-state index contributed by atoms with van der Waals surface area (Å²) in [6.45, 7) is 5.02. The van der Waals surface area contributed by atoms with Crippen LogP contribution in [0.5, 0.6) is 0 Å². The molecule has 0 unspecified atom stereocenters. The second-order valence-corrected chi connectivity index (χ2v) is 2.67. The fraction of sp³-hybridized carbons (Fsp3) is 0.889. The zero-order chi connectivity index (χ0) is 8.53. The van der Waals surface area contributed by atoms with Crippen LogP contribution in [0, 0.1) is 0 Å². The maximum atomic E-state index is 4.91. The van der Waals surface area contributed by atoms with Gasteiger partial charge in [-0.3, -0.25) is 4.99 Å². The molecular formula is C9H19NO. The van der Waals surface area contributed by atoms with E-state index >= 15 is 0 Å². The van der Waals surface area contributed by atoms with Crippen LogP contribution in [0.15, 0.2) is 4.99 Å². The van der Waals surface area contributed by atoms with Crippen LogP contribution in [0.3, 0.4) is 0 Å². The van der Waals surface area contributed by atoms with Crippen molar-refractivity contribution in [1.82, 2.24) is 0 Å². The molecule has 0 bridgehead atoms. The Morgan fingerprint density at radius 1 is 1.27 bits per heavy atom. The summed E-state index contributed by atoms with van der Waals surface area (Å²) in [6, 6.07) is 0. The minimum Gasteiger partial charge on any atom is -0.484 e. The van der Waals surface area contributed by atoms with Crippen molar-refractivity contribution in [2.45, 2.75) is 39.5 Å². The van der Waals surface area contributed by atoms with Crippen LogP contribution in [0.4, 0.5) is 0 Å². The number of aliphatic imine (C=N–C) groups is 1. The van der Waals surface area contributed by atoms with E-state index in [0.717, 1.165) is 12.4 Å². The predicted molar refractivity (Wildman–Crippen MR) is 49.1 cm³/mol. The van der Waals surface area contributed by atoms with Crippen LogP contribution >= 0.6 is 0 Å². The summed E-state index contributed by atoms with van der Waals surface area (Å²) in [5.74, 6) is 0.793. The molecule has 0 saturated heterocycles. The van der Waals surface area contributed by atoms with Gasteiger partial charge in [-0.25, -0.2) is 0 Å². The average molecular weight is 157 g/mol. The van der Waals surface area contributed by atoms with Crippen LogP contribution in [-0.4, -0.2) is 19.6 Å². The second-order valence-electron chi connectivity index (χ2n) is 2.67. The number of rotatable bonds is 5. The number of ether oxygens (including phenoxy) is 1. The molecule has 0 aliphatic carbocycles. The van der Waals surface area contributed by atoms with Gasteiger partial charge in [0.05, 0.1) is 7.11 Å². The van der Waals surface area contributed by atoms with Crippen molar-refractivity contribution in [3.8, 4) is 0 Å². The first-order valence-electron chi connectivity index (χ1n) is 4.36. The minimum atomic E-state index is 0.793. The third kappa shape index (κ3) is 7.37. The van der Waals surface area contributed by atoms with Gasteiger partial charge in [0.25, 0.3) is 0 Å². The highest BCUT2D eigenvalue weighted by Gasteiger charge is 1.87. The molecule has 0 aliphatic heterocycles. The predicted octanol–water partition coefficient (Wildman–Crippen LogP) is 2.63. The Balaban J connectivity index is 3.12. The van der Waals surface area contributed by atoms with Gasteiger partial charge >= 0.3 is 0 Å². The lowest BCUT2D eigenvalue weighted by Gasteiger charge is -1.97. The van der Waals surface area contributed by atoms with Gasteiger partial charge in [-0.15, -0.1) is 0 Å². The van der Waals surface area contributed by atoms with Gasteiger partial charge in [-0.2, -0.15) is 0 Å². The van der Waals surface area contributed by atoms with Crippen molar-refractivity contribution in [1.29, 1.82) is 0 Å². The molecule has 0 fully saturated rings. The molecule has 2 nitrogen and oxygen atoms in total. The van der Waals surface area contributed by atoms with Crippen molar-refractivity contribution < 1.29 is 4.74 Å². The molecule has 66 valence electrons. The van der Waals surface area contributed by atoms with Crippen molar-refractivity contribution >= 4 is 5.90 Å². The van der Waals surface area contributed by atoms with E-state index in [1.165, 1.54) is 25.7 Å². The van der Waals surface area contributed by atoms with E-state index in [0.29, 0.717) is 0 Å². The van der Waals surface area contributed by atoms with Gasteiger partial charge in [-0.05, 0) is 6.42 Å². The zero-order valence-electron chi connectivity index (χ0n) is 7.89. The molecule has 0 atom stereocenters. The van der Waals surface area contributed by atoms with Crippen LogP contribution < -0.4 is 0 Å². The summed E-state index contributed by atoms with van der Waals surface area (Å²) >= 11 is 0. The minimum absolute atomic E-state index is 0.793. The zero-order valence-corrected chi connectivity index (χ0v) is 7.89. The monoisotopic (exact) mass is 157 g/mol. The van der Waals surface area contributed by atoms with E-state index in [9.17, 15) is 0 Å². The maximum Gasteiger partial charge on any atom is 0.179 e. The Hall–Kier alpha value is -0.530. The molecule has 0 aromatic carbocycles. The maximum absolute atomic E-state index is 4.91. The average Bonchev–Trinajstić information content (AvgIpc) is 2.04. The SMILES string of the molecule is CCCCCCN=C(C)OC. The van der Waals surface area contributed by atoms with E-state index in [4.69, 9.17) is 4.74 Å². The third-order valence-corrected chi connectivity index (χ3v) is 1.64. The molecule has 0 N–H and O–H groups in total.